The zero-order valence-corrected chi connectivity index (χ0v) is 8.42. The van der Waals surface area contributed by atoms with E-state index < -0.39 is 18.9 Å². The number of ether oxygens (including phenoxy) is 1. The van der Waals surface area contributed by atoms with Gasteiger partial charge in [0.1, 0.15) is 5.75 Å². The van der Waals surface area contributed by atoms with Crippen molar-refractivity contribution in [1.82, 2.24) is 0 Å². The summed E-state index contributed by atoms with van der Waals surface area (Å²) in [6, 6.07) is 4.81. The summed E-state index contributed by atoms with van der Waals surface area (Å²) in [4.78, 5) is 0. The Labute approximate surface area is 90.7 Å². The van der Waals surface area contributed by atoms with E-state index in [0.29, 0.717) is 24.0 Å². The number of fused-ring (bicyclic) bond motifs is 1. The smallest absolute Gasteiger partial charge is 0.422 e. The van der Waals surface area contributed by atoms with Crippen LogP contribution in [0.25, 0.3) is 0 Å². The topological polar surface area (TPSA) is 29.5 Å². The summed E-state index contributed by atoms with van der Waals surface area (Å²) in [6.45, 7) is -1.29. The highest BCUT2D eigenvalue weighted by molar-refractivity contribution is 5.44. The fraction of sp³-hybridized carbons (Fsp3) is 0.455. The molecule has 0 radical (unpaired) electrons. The predicted molar refractivity (Wildman–Crippen MR) is 51.3 cm³/mol. The van der Waals surface area contributed by atoms with Gasteiger partial charge in [0.15, 0.2) is 6.61 Å². The molecule has 5 heteroatoms. The summed E-state index contributed by atoms with van der Waals surface area (Å²) in [5, 5.41) is 9.56. The number of halogens is 3. The summed E-state index contributed by atoms with van der Waals surface area (Å²) in [5.74, 6) is 0.228. The third-order valence-electron chi connectivity index (χ3n) is 2.59. The fourth-order valence-electron chi connectivity index (χ4n) is 1.89. The third kappa shape index (κ3) is 2.29. The van der Waals surface area contributed by atoms with E-state index in [9.17, 15) is 18.3 Å². The van der Waals surface area contributed by atoms with Gasteiger partial charge in [-0.1, -0.05) is 12.1 Å². The van der Waals surface area contributed by atoms with Crippen LogP contribution in [0.1, 0.15) is 23.7 Å². The first-order valence-electron chi connectivity index (χ1n) is 4.97. The molecule has 2 nitrogen and oxygen atoms in total. The van der Waals surface area contributed by atoms with Crippen molar-refractivity contribution >= 4 is 0 Å². The maximum Gasteiger partial charge on any atom is 0.422 e. The molecular formula is C11H11F3O2. The molecule has 0 fully saturated rings. The predicted octanol–water partition coefficient (Wildman–Crippen LogP) is 2.61. The highest BCUT2D eigenvalue weighted by Crippen LogP contribution is 2.37. The minimum Gasteiger partial charge on any atom is -0.484 e. The zero-order valence-electron chi connectivity index (χ0n) is 8.42. The Morgan fingerprint density at radius 3 is 2.81 bits per heavy atom. The molecule has 0 heterocycles. The van der Waals surface area contributed by atoms with Crippen LogP contribution < -0.4 is 4.74 Å². The monoisotopic (exact) mass is 232 g/mol. The molecule has 1 aliphatic rings. The van der Waals surface area contributed by atoms with E-state index in [2.05, 4.69) is 0 Å². The van der Waals surface area contributed by atoms with Gasteiger partial charge in [-0.25, -0.2) is 0 Å². The number of hydrogen-bond acceptors (Lipinski definition) is 2. The first kappa shape index (κ1) is 11.3. The van der Waals surface area contributed by atoms with E-state index in [1.807, 2.05) is 0 Å². The first-order valence-corrected chi connectivity index (χ1v) is 4.97. The molecule has 1 unspecified atom stereocenters. The van der Waals surface area contributed by atoms with Crippen molar-refractivity contribution in [3.63, 3.8) is 0 Å². The molecule has 0 aromatic heterocycles. The molecule has 0 bridgehead atoms. The summed E-state index contributed by atoms with van der Waals surface area (Å²) in [6.07, 6.45) is -3.81. The van der Waals surface area contributed by atoms with Crippen molar-refractivity contribution in [3.8, 4) is 5.75 Å². The van der Waals surface area contributed by atoms with Crippen LogP contribution in [0.4, 0.5) is 13.2 Å². The van der Waals surface area contributed by atoms with Crippen LogP contribution in [-0.4, -0.2) is 17.9 Å². The molecule has 0 amide bonds. The van der Waals surface area contributed by atoms with E-state index in [4.69, 9.17) is 4.74 Å². The lowest BCUT2D eigenvalue weighted by Crippen LogP contribution is -2.19. The second-order valence-electron chi connectivity index (χ2n) is 3.78. The summed E-state index contributed by atoms with van der Waals surface area (Å²) < 4.78 is 40.7. The number of alkyl halides is 3. The SMILES string of the molecule is OC1CCc2c(OCC(F)(F)F)cccc21. The number of rotatable bonds is 2. The van der Waals surface area contributed by atoms with Crippen LogP contribution >= 0.6 is 0 Å². The lowest BCUT2D eigenvalue weighted by atomic mass is 10.1. The van der Waals surface area contributed by atoms with E-state index in [1.165, 1.54) is 6.07 Å². The average Bonchev–Trinajstić information content (AvgIpc) is 2.57. The van der Waals surface area contributed by atoms with Crippen LogP contribution in [0.3, 0.4) is 0 Å². The number of aliphatic hydroxyl groups excluding tert-OH is 1. The Bertz CT molecular complexity index is 387. The van der Waals surface area contributed by atoms with Crippen molar-refractivity contribution in [2.45, 2.75) is 25.1 Å². The molecular weight excluding hydrogens is 221 g/mol. The number of hydrogen-bond donors (Lipinski definition) is 1. The van der Waals surface area contributed by atoms with Gasteiger partial charge in [0.2, 0.25) is 0 Å². The summed E-state index contributed by atoms with van der Waals surface area (Å²) in [5.41, 5.74) is 1.37. The molecule has 1 atom stereocenters. The van der Waals surface area contributed by atoms with Crippen molar-refractivity contribution in [2.24, 2.45) is 0 Å². The molecule has 1 aromatic carbocycles. The highest BCUT2D eigenvalue weighted by atomic mass is 19.4. The first-order chi connectivity index (χ1) is 7.47. The van der Waals surface area contributed by atoms with Crippen molar-refractivity contribution in [3.05, 3.63) is 29.3 Å². The third-order valence-corrected chi connectivity index (χ3v) is 2.59. The normalized spacial score (nSPS) is 19.6. The molecule has 0 saturated heterocycles. The average molecular weight is 232 g/mol. The lowest BCUT2D eigenvalue weighted by molar-refractivity contribution is -0.153. The van der Waals surface area contributed by atoms with E-state index in [0.717, 1.165) is 0 Å². The molecule has 1 N–H and O–H groups in total. The maximum absolute atomic E-state index is 12.0. The molecule has 0 aliphatic heterocycles. The van der Waals surface area contributed by atoms with Gasteiger partial charge >= 0.3 is 6.18 Å². The lowest BCUT2D eigenvalue weighted by Gasteiger charge is -2.12. The van der Waals surface area contributed by atoms with Gasteiger partial charge in [0.25, 0.3) is 0 Å². The molecule has 2 rings (SSSR count). The van der Waals surface area contributed by atoms with Crippen molar-refractivity contribution in [1.29, 1.82) is 0 Å². The van der Waals surface area contributed by atoms with E-state index >= 15 is 0 Å². The molecule has 1 aromatic rings. The van der Waals surface area contributed by atoms with Gasteiger partial charge in [-0.2, -0.15) is 13.2 Å². The molecule has 0 saturated carbocycles. The summed E-state index contributed by atoms with van der Waals surface area (Å²) >= 11 is 0. The van der Waals surface area contributed by atoms with E-state index in [1.54, 1.807) is 12.1 Å². The quantitative estimate of drug-likeness (QED) is 0.849. The minimum absolute atomic E-state index is 0.228. The largest absolute Gasteiger partial charge is 0.484 e. The maximum atomic E-state index is 12.0. The molecule has 1 aliphatic carbocycles. The van der Waals surface area contributed by atoms with Crippen molar-refractivity contribution in [2.75, 3.05) is 6.61 Å². The Morgan fingerprint density at radius 2 is 2.12 bits per heavy atom. The van der Waals surface area contributed by atoms with Gasteiger partial charge in [0.05, 0.1) is 6.10 Å². The minimum atomic E-state index is -4.33. The van der Waals surface area contributed by atoms with Crippen LogP contribution in [0.15, 0.2) is 18.2 Å². The Balaban J connectivity index is 2.17. The van der Waals surface area contributed by atoms with Gasteiger partial charge in [-0.05, 0) is 24.5 Å². The zero-order chi connectivity index (χ0) is 11.8. The Kier molecular flexibility index (Phi) is 2.80. The van der Waals surface area contributed by atoms with Gasteiger partial charge in [-0.15, -0.1) is 0 Å². The van der Waals surface area contributed by atoms with Crippen LogP contribution in [0, 0.1) is 0 Å². The second kappa shape index (κ2) is 3.97. The molecule has 0 spiro atoms. The van der Waals surface area contributed by atoms with E-state index in [-0.39, 0.29) is 5.75 Å². The Hall–Kier alpha value is -1.23. The van der Waals surface area contributed by atoms with Crippen LogP contribution in [0.2, 0.25) is 0 Å². The van der Waals surface area contributed by atoms with Gasteiger partial charge in [0, 0.05) is 5.56 Å². The van der Waals surface area contributed by atoms with Crippen LogP contribution in [-0.2, 0) is 6.42 Å². The Morgan fingerprint density at radius 1 is 1.38 bits per heavy atom. The van der Waals surface area contributed by atoms with Gasteiger partial charge in [-0.3, -0.25) is 0 Å². The fourth-order valence-corrected chi connectivity index (χ4v) is 1.89. The molecule has 16 heavy (non-hydrogen) atoms. The van der Waals surface area contributed by atoms with Crippen molar-refractivity contribution < 1.29 is 23.0 Å². The van der Waals surface area contributed by atoms with Gasteiger partial charge < -0.3 is 9.84 Å². The standard InChI is InChI=1S/C11H11F3O2/c12-11(13,14)6-16-10-3-1-2-7-8(10)4-5-9(7)15/h1-3,9,15H,4-6H2. The number of benzene rings is 1. The van der Waals surface area contributed by atoms with Crippen LogP contribution in [0.5, 0.6) is 5.75 Å². The highest BCUT2D eigenvalue weighted by Gasteiger charge is 2.30. The molecule has 88 valence electrons. The second-order valence-corrected chi connectivity index (χ2v) is 3.78. The number of aliphatic hydroxyl groups is 1. The summed E-state index contributed by atoms with van der Waals surface area (Å²) in [7, 11) is 0.